The Labute approximate surface area is 95.9 Å². The highest BCUT2D eigenvalue weighted by Crippen LogP contribution is 2.35. The first-order valence-corrected chi connectivity index (χ1v) is 6.79. The van der Waals surface area contributed by atoms with Gasteiger partial charge in [0, 0.05) is 5.75 Å². The monoisotopic (exact) mass is 222 g/mol. The number of aliphatic hydroxyl groups is 1. The predicted octanol–water partition coefficient (Wildman–Crippen LogP) is 2.96. The van der Waals surface area contributed by atoms with Crippen molar-refractivity contribution in [3.05, 3.63) is 35.4 Å². The lowest BCUT2D eigenvalue weighted by atomic mass is 9.90. The van der Waals surface area contributed by atoms with Crippen molar-refractivity contribution in [2.45, 2.75) is 31.8 Å². The fraction of sp³-hybridized carbons (Fsp3) is 0.538. The Morgan fingerprint density at radius 1 is 1.33 bits per heavy atom. The average Bonchev–Trinajstić information content (AvgIpc) is 2.30. The Kier molecular flexibility index (Phi) is 3.37. The summed E-state index contributed by atoms with van der Waals surface area (Å²) in [6.07, 6.45) is 3.09. The van der Waals surface area contributed by atoms with Crippen LogP contribution in [0.1, 0.15) is 30.9 Å². The van der Waals surface area contributed by atoms with Crippen LogP contribution in [0, 0.1) is 0 Å². The van der Waals surface area contributed by atoms with E-state index in [1.165, 1.54) is 11.3 Å². The Bertz CT molecular complexity index is 312. The molecule has 1 N–H and O–H groups in total. The van der Waals surface area contributed by atoms with Crippen molar-refractivity contribution in [3.63, 3.8) is 0 Å². The van der Waals surface area contributed by atoms with E-state index in [1.807, 2.05) is 11.8 Å². The van der Waals surface area contributed by atoms with E-state index in [-0.39, 0.29) is 0 Å². The first-order valence-electron chi connectivity index (χ1n) is 5.64. The SMILES string of the molecule is CCc1ccc(C2(O)CCCSC2)cc1. The smallest absolute Gasteiger partial charge is 0.0986 e. The molecule has 1 nitrogen and oxygen atoms in total. The molecule has 15 heavy (non-hydrogen) atoms. The van der Waals surface area contributed by atoms with Gasteiger partial charge in [-0.2, -0.15) is 11.8 Å². The van der Waals surface area contributed by atoms with Crippen molar-refractivity contribution in [2.24, 2.45) is 0 Å². The largest absolute Gasteiger partial charge is 0.384 e. The minimum absolute atomic E-state index is 0.574. The molecule has 82 valence electrons. The highest BCUT2D eigenvalue weighted by molar-refractivity contribution is 7.99. The lowest BCUT2D eigenvalue weighted by Crippen LogP contribution is -2.31. The second-order valence-electron chi connectivity index (χ2n) is 4.24. The number of rotatable bonds is 2. The molecule has 1 saturated heterocycles. The molecule has 1 unspecified atom stereocenters. The van der Waals surface area contributed by atoms with E-state index in [0.29, 0.717) is 0 Å². The van der Waals surface area contributed by atoms with Gasteiger partial charge in [-0.05, 0) is 36.1 Å². The molecule has 2 rings (SSSR count). The van der Waals surface area contributed by atoms with Gasteiger partial charge in [0.05, 0.1) is 5.60 Å². The molecular formula is C13H18OS. The van der Waals surface area contributed by atoms with Crippen LogP contribution in [0.15, 0.2) is 24.3 Å². The number of thioether (sulfide) groups is 1. The predicted molar refractivity (Wildman–Crippen MR) is 66.3 cm³/mol. The van der Waals surface area contributed by atoms with E-state index < -0.39 is 5.60 Å². The molecule has 0 bridgehead atoms. The van der Waals surface area contributed by atoms with Gasteiger partial charge < -0.3 is 5.11 Å². The summed E-state index contributed by atoms with van der Waals surface area (Å²) in [5, 5.41) is 10.5. The summed E-state index contributed by atoms with van der Waals surface area (Å²) in [6, 6.07) is 8.44. The maximum atomic E-state index is 10.5. The van der Waals surface area contributed by atoms with E-state index in [4.69, 9.17) is 0 Å². The second-order valence-corrected chi connectivity index (χ2v) is 5.34. The Morgan fingerprint density at radius 3 is 2.60 bits per heavy atom. The molecule has 0 radical (unpaired) electrons. The lowest BCUT2D eigenvalue weighted by molar-refractivity contribution is 0.0495. The zero-order valence-corrected chi connectivity index (χ0v) is 10.0. The van der Waals surface area contributed by atoms with Crippen LogP contribution in [-0.4, -0.2) is 16.6 Å². The van der Waals surface area contributed by atoms with Crippen LogP contribution in [0.4, 0.5) is 0 Å². The fourth-order valence-corrected chi connectivity index (χ4v) is 3.20. The van der Waals surface area contributed by atoms with Crippen molar-refractivity contribution in [2.75, 3.05) is 11.5 Å². The third-order valence-electron chi connectivity index (χ3n) is 3.12. The van der Waals surface area contributed by atoms with E-state index >= 15 is 0 Å². The number of hydrogen-bond donors (Lipinski definition) is 1. The van der Waals surface area contributed by atoms with Crippen LogP contribution < -0.4 is 0 Å². The molecular weight excluding hydrogens is 204 g/mol. The van der Waals surface area contributed by atoms with Crippen LogP contribution in [-0.2, 0) is 12.0 Å². The molecule has 0 aromatic heterocycles. The molecule has 1 heterocycles. The van der Waals surface area contributed by atoms with Crippen LogP contribution in [0.2, 0.25) is 0 Å². The topological polar surface area (TPSA) is 20.2 Å². The van der Waals surface area contributed by atoms with Crippen LogP contribution in [0.5, 0.6) is 0 Å². The van der Waals surface area contributed by atoms with Crippen molar-refractivity contribution >= 4 is 11.8 Å². The van der Waals surface area contributed by atoms with Crippen molar-refractivity contribution in [1.29, 1.82) is 0 Å². The second kappa shape index (κ2) is 4.58. The molecule has 0 amide bonds. The molecule has 0 spiro atoms. The maximum Gasteiger partial charge on any atom is 0.0986 e. The Hall–Kier alpha value is -0.470. The van der Waals surface area contributed by atoms with E-state index in [1.54, 1.807) is 0 Å². The summed E-state index contributed by atoms with van der Waals surface area (Å²) in [5.74, 6) is 2.04. The highest BCUT2D eigenvalue weighted by atomic mass is 32.2. The molecule has 1 aromatic rings. The normalized spacial score (nSPS) is 26.5. The van der Waals surface area contributed by atoms with Gasteiger partial charge in [0.15, 0.2) is 0 Å². The van der Waals surface area contributed by atoms with E-state index in [0.717, 1.165) is 30.6 Å². The summed E-state index contributed by atoms with van der Waals surface area (Å²) in [6.45, 7) is 2.15. The summed E-state index contributed by atoms with van der Waals surface area (Å²) in [7, 11) is 0. The third kappa shape index (κ3) is 2.37. The zero-order chi connectivity index (χ0) is 10.7. The number of hydrogen-bond acceptors (Lipinski definition) is 2. The molecule has 1 fully saturated rings. The Balaban J connectivity index is 2.20. The summed E-state index contributed by atoms with van der Waals surface area (Å²) in [4.78, 5) is 0. The minimum atomic E-state index is -0.574. The first-order chi connectivity index (χ1) is 7.24. The average molecular weight is 222 g/mol. The van der Waals surface area contributed by atoms with Gasteiger partial charge in [-0.15, -0.1) is 0 Å². The molecule has 0 saturated carbocycles. The van der Waals surface area contributed by atoms with Gasteiger partial charge in [0.2, 0.25) is 0 Å². The molecule has 1 aliphatic rings. The summed E-state index contributed by atoms with van der Waals surface area (Å²) >= 11 is 1.86. The zero-order valence-electron chi connectivity index (χ0n) is 9.20. The third-order valence-corrected chi connectivity index (χ3v) is 4.38. The molecule has 0 aliphatic carbocycles. The van der Waals surface area contributed by atoms with Gasteiger partial charge in [-0.1, -0.05) is 31.2 Å². The van der Waals surface area contributed by atoms with Gasteiger partial charge in [0.1, 0.15) is 0 Å². The molecule has 2 heteroatoms. The highest BCUT2D eigenvalue weighted by Gasteiger charge is 2.31. The Morgan fingerprint density at radius 2 is 2.07 bits per heavy atom. The maximum absolute atomic E-state index is 10.5. The first kappa shape index (κ1) is 11.0. The fourth-order valence-electron chi connectivity index (χ4n) is 2.06. The number of benzene rings is 1. The standard InChI is InChI=1S/C13H18OS/c1-2-11-4-6-12(7-5-11)13(14)8-3-9-15-10-13/h4-7,14H,2-3,8-10H2,1H3. The van der Waals surface area contributed by atoms with Crippen LogP contribution >= 0.6 is 11.8 Å². The van der Waals surface area contributed by atoms with Gasteiger partial charge in [-0.25, -0.2) is 0 Å². The van der Waals surface area contributed by atoms with Crippen molar-refractivity contribution in [3.8, 4) is 0 Å². The van der Waals surface area contributed by atoms with Crippen LogP contribution in [0.25, 0.3) is 0 Å². The molecule has 1 aliphatic heterocycles. The number of aryl methyl sites for hydroxylation is 1. The van der Waals surface area contributed by atoms with E-state index in [9.17, 15) is 5.11 Å². The summed E-state index contributed by atoms with van der Waals surface area (Å²) in [5.41, 5.74) is 1.85. The van der Waals surface area contributed by atoms with Crippen molar-refractivity contribution < 1.29 is 5.11 Å². The van der Waals surface area contributed by atoms with Crippen LogP contribution in [0.3, 0.4) is 0 Å². The van der Waals surface area contributed by atoms with E-state index in [2.05, 4.69) is 31.2 Å². The van der Waals surface area contributed by atoms with Gasteiger partial charge >= 0.3 is 0 Å². The van der Waals surface area contributed by atoms with Gasteiger partial charge in [-0.3, -0.25) is 0 Å². The minimum Gasteiger partial charge on any atom is -0.384 e. The quantitative estimate of drug-likeness (QED) is 0.830. The molecule has 1 aromatic carbocycles. The van der Waals surface area contributed by atoms with Gasteiger partial charge in [0.25, 0.3) is 0 Å². The molecule has 1 atom stereocenters. The van der Waals surface area contributed by atoms with Crippen molar-refractivity contribution in [1.82, 2.24) is 0 Å². The summed E-state index contributed by atoms with van der Waals surface area (Å²) < 4.78 is 0. The lowest BCUT2D eigenvalue weighted by Gasteiger charge is -2.32.